The van der Waals surface area contributed by atoms with Gasteiger partial charge in [-0.05, 0) is 18.1 Å². The summed E-state index contributed by atoms with van der Waals surface area (Å²) in [4.78, 5) is 12.7. The lowest BCUT2D eigenvalue weighted by atomic mass is 10.0. The molecule has 0 aromatic heterocycles. The van der Waals surface area contributed by atoms with E-state index in [4.69, 9.17) is 11.6 Å². The Bertz CT molecular complexity index is 478. The number of aliphatic hydroxyl groups excluding tert-OH is 1. The molecular formula is C13H18ClN3O3. The zero-order valence-corrected chi connectivity index (χ0v) is 11.8. The largest absolute Gasteiger partial charge is 0.396 e. The Morgan fingerprint density at radius 2 is 2.15 bits per heavy atom. The Hall–Kier alpha value is -1.21. The van der Waals surface area contributed by atoms with Gasteiger partial charge in [0.2, 0.25) is 0 Å². The molecule has 1 atom stereocenters. The lowest BCUT2D eigenvalue weighted by Gasteiger charge is -2.35. The summed E-state index contributed by atoms with van der Waals surface area (Å²) in [5, 5.41) is 23.6. The molecule has 1 aliphatic heterocycles. The van der Waals surface area contributed by atoms with E-state index in [1.165, 1.54) is 6.07 Å². The smallest absolute Gasteiger partial charge is 0.288 e. The maximum absolute atomic E-state index is 11.0. The summed E-state index contributed by atoms with van der Waals surface area (Å²) in [6.07, 6.45) is 0.554. The molecule has 0 saturated carbocycles. The Labute approximate surface area is 122 Å². The molecule has 1 aromatic carbocycles. The Morgan fingerprint density at radius 1 is 1.45 bits per heavy atom. The van der Waals surface area contributed by atoms with Crippen LogP contribution in [0.15, 0.2) is 18.2 Å². The molecule has 2 N–H and O–H groups in total. The molecule has 20 heavy (non-hydrogen) atoms. The fraction of sp³-hybridized carbons (Fsp3) is 0.538. The highest BCUT2D eigenvalue weighted by atomic mass is 35.5. The van der Waals surface area contributed by atoms with Crippen molar-refractivity contribution in [1.29, 1.82) is 0 Å². The number of nitrogens with zero attached hydrogens (tertiary/aromatic N) is 2. The quantitative estimate of drug-likeness (QED) is 0.637. The van der Waals surface area contributed by atoms with Crippen molar-refractivity contribution >= 4 is 17.3 Å². The molecule has 110 valence electrons. The van der Waals surface area contributed by atoms with Gasteiger partial charge in [-0.15, -0.1) is 0 Å². The van der Waals surface area contributed by atoms with Crippen molar-refractivity contribution in [3.8, 4) is 0 Å². The molecule has 7 heteroatoms. The summed E-state index contributed by atoms with van der Waals surface area (Å²) in [5.74, 6) is 0. The van der Waals surface area contributed by atoms with Gasteiger partial charge >= 0.3 is 0 Å². The van der Waals surface area contributed by atoms with Crippen LogP contribution in [0.2, 0.25) is 5.02 Å². The Kier molecular flexibility index (Phi) is 5.31. The van der Waals surface area contributed by atoms with Crippen molar-refractivity contribution in [3.63, 3.8) is 0 Å². The van der Waals surface area contributed by atoms with Gasteiger partial charge < -0.3 is 10.4 Å². The van der Waals surface area contributed by atoms with Crippen molar-refractivity contribution in [1.82, 2.24) is 10.2 Å². The van der Waals surface area contributed by atoms with Gasteiger partial charge in [0.15, 0.2) is 0 Å². The number of aliphatic hydroxyl groups is 1. The van der Waals surface area contributed by atoms with Gasteiger partial charge in [-0.1, -0.05) is 17.7 Å². The molecule has 0 amide bonds. The van der Waals surface area contributed by atoms with Crippen LogP contribution in [0, 0.1) is 10.1 Å². The average Bonchev–Trinajstić information content (AvgIpc) is 2.46. The summed E-state index contributed by atoms with van der Waals surface area (Å²) in [6, 6.07) is 4.86. The van der Waals surface area contributed by atoms with E-state index in [0.29, 0.717) is 6.42 Å². The first-order valence-electron chi connectivity index (χ1n) is 6.63. The fourth-order valence-electron chi connectivity index (χ4n) is 2.55. The third-order valence-electron chi connectivity index (χ3n) is 3.55. The molecule has 1 aliphatic rings. The molecule has 1 saturated heterocycles. The predicted molar refractivity (Wildman–Crippen MR) is 77.0 cm³/mol. The van der Waals surface area contributed by atoms with Gasteiger partial charge in [-0.3, -0.25) is 15.0 Å². The molecule has 0 bridgehead atoms. The van der Waals surface area contributed by atoms with Crippen LogP contribution in [0.5, 0.6) is 0 Å². The van der Waals surface area contributed by atoms with Crippen molar-refractivity contribution < 1.29 is 10.0 Å². The zero-order chi connectivity index (χ0) is 14.5. The molecule has 0 radical (unpaired) electrons. The maximum Gasteiger partial charge on any atom is 0.288 e. The first-order valence-corrected chi connectivity index (χ1v) is 7.00. The highest BCUT2D eigenvalue weighted by molar-refractivity contribution is 6.32. The number of hydrogen-bond acceptors (Lipinski definition) is 5. The van der Waals surface area contributed by atoms with Crippen LogP contribution in [0.25, 0.3) is 0 Å². The number of nitro groups is 1. The minimum absolute atomic E-state index is 0.0157. The first-order chi connectivity index (χ1) is 9.63. The van der Waals surface area contributed by atoms with Gasteiger partial charge in [-0.2, -0.15) is 0 Å². The third kappa shape index (κ3) is 3.46. The van der Waals surface area contributed by atoms with Crippen LogP contribution >= 0.6 is 11.6 Å². The number of piperazine rings is 1. The van der Waals surface area contributed by atoms with Crippen molar-refractivity contribution in [3.05, 3.63) is 38.9 Å². The summed E-state index contributed by atoms with van der Waals surface area (Å²) >= 11 is 5.84. The number of nitrogens with one attached hydrogen (secondary N) is 1. The van der Waals surface area contributed by atoms with Crippen LogP contribution in [0.4, 0.5) is 5.69 Å². The number of halogens is 1. The topological polar surface area (TPSA) is 78.6 Å². The second kappa shape index (κ2) is 6.99. The molecule has 1 aromatic rings. The maximum atomic E-state index is 11.0. The first kappa shape index (κ1) is 15.2. The standard InChI is InChI=1S/C13H18ClN3O3/c14-11-2-1-10(9-13(11)17(19)20)12(3-8-18)16-6-4-15-5-7-16/h1-2,9,12,15,18H,3-8H2/t12-/m0/s1. The van der Waals surface area contributed by atoms with Crippen molar-refractivity contribution in [2.75, 3.05) is 32.8 Å². The van der Waals surface area contributed by atoms with E-state index in [1.807, 2.05) is 0 Å². The van der Waals surface area contributed by atoms with E-state index in [0.717, 1.165) is 31.7 Å². The van der Waals surface area contributed by atoms with Gasteiger partial charge in [0.25, 0.3) is 5.69 Å². The van der Waals surface area contributed by atoms with Gasteiger partial charge in [0.05, 0.1) is 4.92 Å². The molecule has 1 heterocycles. The van der Waals surface area contributed by atoms with Gasteiger partial charge in [-0.25, -0.2) is 0 Å². The number of benzene rings is 1. The normalized spacial score (nSPS) is 17.9. The van der Waals surface area contributed by atoms with E-state index < -0.39 is 4.92 Å². The second-order valence-corrected chi connectivity index (χ2v) is 5.19. The summed E-state index contributed by atoms with van der Waals surface area (Å²) < 4.78 is 0. The monoisotopic (exact) mass is 299 g/mol. The molecule has 0 unspecified atom stereocenters. The van der Waals surface area contributed by atoms with Crippen molar-refractivity contribution in [2.45, 2.75) is 12.5 Å². The summed E-state index contributed by atoms with van der Waals surface area (Å²) in [6.45, 7) is 3.54. The Balaban J connectivity index is 2.28. The predicted octanol–water partition coefficient (Wildman–Crippen LogP) is 1.58. The second-order valence-electron chi connectivity index (χ2n) is 4.78. The van der Waals surface area contributed by atoms with E-state index in [-0.39, 0.29) is 23.4 Å². The molecule has 0 aliphatic carbocycles. The third-order valence-corrected chi connectivity index (χ3v) is 3.87. The number of rotatable bonds is 5. The molecular weight excluding hydrogens is 282 g/mol. The minimum Gasteiger partial charge on any atom is -0.396 e. The van der Waals surface area contributed by atoms with Crippen LogP contribution in [0.3, 0.4) is 0 Å². The van der Waals surface area contributed by atoms with Crippen LogP contribution in [-0.4, -0.2) is 47.7 Å². The van der Waals surface area contributed by atoms with Crippen LogP contribution in [-0.2, 0) is 0 Å². The molecule has 0 spiro atoms. The lowest BCUT2D eigenvalue weighted by molar-refractivity contribution is -0.384. The van der Waals surface area contributed by atoms with E-state index in [1.54, 1.807) is 12.1 Å². The SMILES string of the molecule is O=[N+]([O-])c1cc([C@H](CCO)N2CCNCC2)ccc1Cl. The summed E-state index contributed by atoms with van der Waals surface area (Å²) in [7, 11) is 0. The highest BCUT2D eigenvalue weighted by Gasteiger charge is 2.24. The van der Waals surface area contributed by atoms with Crippen LogP contribution < -0.4 is 5.32 Å². The summed E-state index contributed by atoms with van der Waals surface area (Å²) in [5.41, 5.74) is 0.749. The fourth-order valence-corrected chi connectivity index (χ4v) is 2.74. The van der Waals surface area contributed by atoms with Gasteiger partial charge in [0, 0.05) is 44.9 Å². The van der Waals surface area contributed by atoms with Crippen LogP contribution in [0.1, 0.15) is 18.0 Å². The van der Waals surface area contributed by atoms with E-state index in [2.05, 4.69) is 10.2 Å². The van der Waals surface area contributed by atoms with E-state index in [9.17, 15) is 15.2 Å². The molecule has 1 fully saturated rings. The van der Waals surface area contributed by atoms with E-state index >= 15 is 0 Å². The van der Waals surface area contributed by atoms with Crippen molar-refractivity contribution in [2.24, 2.45) is 0 Å². The lowest BCUT2D eigenvalue weighted by Crippen LogP contribution is -2.45. The molecule has 2 rings (SSSR count). The zero-order valence-electron chi connectivity index (χ0n) is 11.1. The minimum atomic E-state index is -0.473. The average molecular weight is 300 g/mol. The molecule has 6 nitrogen and oxygen atoms in total. The Morgan fingerprint density at radius 3 is 2.75 bits per heavy atom. The highest BCUT2D eigenvalue weighted by Crippen LogP contribution is 2.31. The number of hydrogen-bond donors (Lipinski definition) is 2. The van der Waals surface area contributed by atoms with Gasteiger partial charge in [0.1, 0.15) is 5.02 Å². The number of nitro benzene ring substituents is 1.